The van der Waals surface area contributed by atoms with E-state index in [0.29, 0.717) is 16.8 Å². The van der Waals surface area contributed by atoms with Gasteiger partial charge in [-0.2, -0.15) is 5.10 Å². The molecule has 3 N–H and O–H groups in total. The third-order valence-corrected chi connectivity index (χ3v) is 4.48. The van der Waals surface area contributed by atoms with E-state index in [1.54, 1.807) is 10.7 Å². The zero-order chi connectivity index (χ0) is 21.2. The van der Waals surface area contributed by atoms with Gasteiger partial charge in [0.2, 0.25) is 0 Å². The minimum atomic E-state index is -1.59. The van der Waals surface area contributed by atoms with E-state index >= 15 is 0 Å². The van der Waals surface area contributed by atoms with Gasteiger partial charge >= 0.3 is 0 Å². The van der Waals surface area contributed by atoms with Crippen LogP contribution in [0.25, 0.3) is 16.8 Å². The van der Waals surface area contributed by atoms with E-state index in [1.807, 2.05) is 44.3 Å². The number of aromatic nitrogens is 3. The Morgan fingerprint density at radius 2 is 2.10 bits per heavy atom. The molecular formula is C21H26FN5O2. The molecule has 0 saturated heterocycles. The van der Waals surface area contributed by atoms with E-state index in [2.05, 4.69) is 20.7 Å². The van der Waals surface area contributed by atoms with Gasteiger partial charge in [0.15, 0.2) is 0 Å². The van der Waals surface area contributed by atoms with Crippen LogP contribution in [-0.2, 0) is 0 Å². The number of fused-ring (bicyclic) bond motifs is 1. The molecule has 3 aromatic rings. The zero-order valence-electron chi connectivity index (χ0n) is 17.0. The van der Waals surface area contributed by atoms with Crippen LogP contribution in [0.3, 0.4) is 0 Å². The highest BCUT2D eigenvalue weighted by molar-refractivity contribution is 6.03. The van der Waals surface area contributed by atoms with E-state index in [9.17, 15) is 14.3 Å². The molecule has 0 spiro atoms. The quantitative estimate of drug-likeness (QED) is 0.568. The molecule has 0 bridgehead atoms. The Kier molecular flexibility index (Phi) is 5.83. The zero-order valence-corrected chi connectivity index (χ0v) is 17.0. The number of rotatable bonds is 7. The fraction of sp³-hybridized carbons (Fsp3) is 0.381. The van der Waals surface area contributed by atoms with Crippen molar-refractivity contribution in [2.45, 2.75) is 45.5 Å². The van der Waals surface area contributed by atoms with Gasteiger partial charge in [-0.15, -0.1) is 0 Å². The Balaban J connectivity index is 1.97. The van der Waals surface area contributed by atoms with E-state index in [1.165, 1.54) is 20.0 Å². The van der Waals surface area contributed by atoms with Crippen LogP contribution in [0, 0.1) is 0 Å². The summed E-state index contributed by atoms with van der Waals surface area (Å²) in [5, 5.41) is 19.9. The number of anilines is 1. The molecular weight excluding hydrogens is 373 g/mol. The molecule has 3 aromatic heterocycles. The second kappa shape index (κ2) is 8.16. The van der Waals surface area contributed by atoms with E-state index in [-0.39, 0.29) is 12.6 Å². The predicted molar refractivity (Wildman–Crippen MR) is 111 cm³/mol. The van der Waals surface area contributed by atoms with Gasteiger partial charge < -0.3 is 15.7 Å². The number of pyridine rings is 1. The third kappa shape index (κ3) is 4.71. The number of hydrogen-bond donors (Lipinski definition) is 3. The van der Waals surface area contributed by atoms with Gasteiger partial charge in [0.1, 0.15) is 6.17 Å². The monoisotopic (exact) mass is 399 g/mol. The maximum Gasteiger partial charge on any atom is 0.255 e. The first-order chi connectivity index (χ1) is 13.7. The first kappa shape index (κ1) is 20.7. The number of carbonyl (C=O) groups is 1. The van der Waals surface area contributed by atoms with Crippen molar-refractivity contribution in [3.05, 3.63) is 48.4 Å². The van der Waals surface area contributed by atoms with Gasteiger partial charge in [0.25, 0.3) is 5.91 Å². The minimum Gasteiger partial charge on any atom is -0.387 e. The molecule has 0 aliphatic heterocycles. The number of hydrogen-bond acceptors (Lipinski definition) is 5. The highest BCUT2D eigenvalue weighted by atomic mass is 19.1. The average Bonchev–Trinajstić information content (AvgIpc) is 3.10. The van der Waals surface area contributed by atoms with E-state index in [0.717, 1.165) is 11.3 Å². The van der Waals surface area contributed by atoms with Crippen LogP contribution in [0.15, 0.2) is 42.9 Å². The largest absolute Gasteiger partial charge is 0.387 e. The number of carbonyl (C=O) groups excluding carboxylic acids is 1. The second-order valence-corrected chi connectivity index (χ2v) is 7.84. The summed E-state index contributed by atoms with van der Waals surface area (Å²) in [5.74, 6) is -0.462. The van der Waals surface area contributed by atoms with E-state index < -0.39 is 17.7 Å². The summed E-state index contributed by atoms with van der Waals surface area (Å²) in [7, 11) is 0. The van der Waals surface area contributed by atoms with Gasteiger partial charge in [-0.3, -0.25) is 9.78 Å². The number of aliphatic hydroxyl groups is 1. The number of nitrogens with zero attached hydrogens (tertiary/aromatic N) is 3. The lowest BCUT2D eigenvalue weighted by molar-refractivity contribution is -0.00177. The number of amides is 1. The van der Waals surface area contributed by atoms with Crippen LogP contribution in [0.2, 0.25) is 0 Å². The summed E-state index contributed by atoms with van der Waals surface area (Å²) in [6.45, 7) is 6.36. The van der Waals surface area contributed by atoms with Crippen molar-refractivity contribution in [3.8, 4) is 11.3 Å². The second-order valence-electron chi connectivity index (χ2n) is 7.84. The SMILES string of the molecule is CC(C)Nc1c(C(=O)NC[C@@H](F)C(C)(C)O)cnn2cc(-c3ccccn3)cc12. The minimum absolute atomic E-state index is 0.0613. The van der Waals surface area contributed by atoms with Crippen LogP contribution in [0.4, 0.5) is 10.1 Å². The number of nitrogens with one attached hydrogen (secondary N) is 2. The fourth-order valence-electron chi connectivity index (χ4n) is 2.87. The smallest absolute Gasteiger partial charge is 0.255 e. The Labute approximate surface area is 169 Å². The Morgan fingerprint density at radius 3 is 2.72 bits per heavy atom. The summed E-state index contributed by atoms with van der Waals surface area (Å²) in [5.41, 5.74) is 1.76. The molecule has 7 nitrogen and oxygen atoms in total. The van der Waals surface area contributed by atoms with Crippen LogP contribution in [0.5, 0.6) is 0 Å². The molecule has 0 unspecified atom stereocenters. The van der Waals surface area contributed by atoms with Crippen molar-refractivity contribution in [2.75, 3.05) is 11.9 Å². The molecule has 0 aliphatic carbocycles. The van der Waals surface area contributed by atoms with Crippen LogP contribution < -0.4 is 10.6 Å². The van der Waals surface area contributed by atoms with Gasteiger partial charge in [0, 0.05) is 24.0 Å². The van der Waals surface area contributed by atoms with Crippen molar-refractivity contribution in [1.29, 1.82) is 0 Å². The van der Waals surface area contributed by atoms with Crippen LogP contribution in [0.1, 0.15) is 38.1 Å². The topological polar surface area (TPSA) is 91.5 Å². The Hall–Kier alpha value is -3.00. The van der Waals surface area contributed by atoms with Gasteiger partial charge in [-0.25, -0.2) is 8.91 Å². The molecule has 0 radical (unpaired) electrons. The highest BCUT2D eigenvalue weighted by Crippen LogP contribution is 2.28. The number of alkyl halides is 1. The standard InChI is InChI=1S/C21H26FN5O2/c1-13(2)26-19-15(20(28)24-11-18(22)21(3,4)29)10-25-27-12-14(9-17(19)27)16-7-5-6-8-23-16/h5-10,12-13,18,26,29H,11H2,1-4H3,(H,24,28)/t18-/m1/s1. The number of halogens is 1. The molecule has 0 fully saturated rings. The molecule has 3 heterocycles. The highest BCUT2D eigenvalue weighted by Gasteiger charge is 2.27. The summed E-state index contributed by atoms with van der Waals surface area (Å²) in [4.78, 5) is 17.1. The summed E-state index contributed by atoms with van der Waals surface area (Å²) in [6, 6.07) is 7.62. The predicted octanol–water partition coefficient (Wildman–Crippen LogP) is 3.06. The molecule has 3 rings (SSSR count). The van der Waals surface area contributed by atoms with Gasteiger partial charge in [-0.05, 0) is 45.9 Å². The lowest BCUT2D eigenvalue weighted by Crippen LogP contribution is -2.42. The van der Waals surface area contributed by atoms with Gasteiger partial charge in [0.05, 0.1) is 40.8 Å². The van der Waals surface area contributed by atoms with Gasteiger partial charge in [-0.1, -0.05) is 6.07 Å². The molecule has 1 atom stereocenters. The lowest BCUT2D eigenvalue weighted by atomic mass is 10.0. The lowest BCUT2D eigenvalue weighted by Gasteiger charge is -2.23. The molecule has 154 valence electrons. The van der Waals surface area contributed by atoms with Crippen molar-refractivity contribution in [2.24, 2.45) is 0 Å². The van der Waals surface area contributed by atoms with Crippen LogP contribution in [-0.4, -0.2) is 50.0 Å². The van der Waals surface area contributed by atoms with E-state index in [4.69, 9.17) is 0 Å². The fourth-order valence-corrected chi connectivity index (χ4v) is 2.87. The average molecular weight is 399 g/mol. The molecule has 0 aromatic carbocycles. The van der Waals surface area contributed by atoms with Crippen molar-refractivity contribution in [3.63, 3.8) is 0 Å². The first-order valence-electron chi connectivity index (χ1n) is 9.50. The van der Waals surface area contributed by atoms with Crippen molar-refractivity contribution in [1.82, 2.24) is 19.9 Å². The maximum atomic E-state index is 14.0. The molecule has 29 heavy (non-hydrogen) atoms. The molecule has 0 saturated carbocycles. The molecule has 1 amide bonds. The molecule has 8 heteroatoms. The third-order valence-electron chi connectivity index (χ3n) is 4.48. The summed E-state index contributed by atoms with van der Waals surface area (Å²) >= 11 is 0. The normalized spacial score (nSPS) is 12.9. The summed E-state index contributed by atoms with van der Waals surface area (Å²) in [6.07, 6.45) is 3.42. The summed E-state index contributed by atoms with van der Waals surface area (Å²) < 4.78 is 15.7. The molecule has 0 aliphatic rings. The van der Waals surface area contributed by atoms with Crippen molar-refractivity contribution < 1.29 is 14.3 Å². The van der Waals surface area contributed by atoms with Crippen LogP contribution >= 0.6 is 0 Å². The first-order valence-corrected chi connectivity index (χ1v) is 9.50. The van der Waals surface area contributed by atoms with Crippen molar-refractivity contribution >= 4 is 17.1 Å². The Bertz CT molecular complexity index is 995. The Morgan fingerprint density at radius 1 is 1.34 bits per heavy atom. The maximum absolute atomic E-state index is 14.0.